The molecule has 0 aromatic heterocycles. The predicted octanol–water partition coefficient (Wildman–Crippen LogP) is 6.02. The van der Waals surface area contributed by atoms with Crippen LogP contribution in [0.25, 0.3) is 0 Å². The summed E-state index contributed by atoms with van der Waals surface area (Å²) in [5.74, 6) is 2.19. The molecule has 0 saturated heterocycles. The number of fused-ring (bicyclic) bond motifs is 3. The number of hydrogen-bond donors (Lipinski definition) is 0. The Morgan fingerprint density at radius 1 is 1.00 bits per heavy atom. The van der Waals surface area contributed by atoms with Crippen molar-refractivity contribution in [3.8, 4) is 17.2 Å². The van der Waals surface area contributed by atoms with Gasteiger partial charge >= 0.3 is 0 Å². The van der Waals surface area contributed by atoms with E-state index >= 15 is 0 Å². The Labute approximate surface area is 190 Å². The van der Waals surface area contributed by atoms with Crippen LogP contribution in [0.4, 0.5) is 0 Å². The van der Waals surface area contributed by atoms with E-state index in [1.54, 1.807) is 14.2 Å². The van der Waals surface area contributed by atoms with E-state index in [9.17, 15) is 0 Å². The van der Waals surface area contributed by atoms with E-state index in [1.165, 1.54) is 5.56 Å². The minimum Gasteiger partial charge on any atom is -0.493 e. The number of nitrogens with zero attached hydrogens (tertiary/aromatic N) is 2. The van der Waals surface area contributed by atoms with Gasteiger partial charge in [-0.05, 0) is 42.8 Å². The molecule has 0 saturated carbocycles. The van der Waals surface area contributed by atoms with Crippen LogP contribution in [0.3, 0.4) is 0 Å². The quantitative estimate of drug-likeness (QED) is 0.459. The Kier molecular flexibility index (Phi) is 5.10. The molecule has 3 aromatic carbocycles. The summed E-state index contributed by atoms with van der Waals surface area (Å²) >= 11 is 3.61. The molecule has 0 aliphatic carbocycles. The maximum atomic E-state index is 6.49. The fourth-order valence-electron chi connectivity index (χ4n) is 4.29. The van der Waals surface area contributed by atoms with Crippen molar-refractivity contribution < 1.29 is 14.2 Å². The Bertz CT molecular complexity index is 1160. The summed E-state index contributed by atoms with van der Waals surface area (Å²) in [4.78, 5) is 0. The summed E-state index contributed by atoms with van der Waals surface area (Å²) in [6.45, 7) is 2.09. The molecule has 2 atom stereocenters. The van der Waals surface area contributed by atoms with Crippen LogP contribution in [0.1, 0.15) is 40.9 Å². The highest BCUT2D eigenvalue weighted by atomic mass is 79.9. The maximum Gasteiger partial charge on any atom is 0.217 e. The maximum absolute atomic E-state index is 6.49. The zero-order valence-electron chi connectivity index (χ0n) is 17.6. The van der Waals surface area contributed by atoms with Crippen molar-refractivity contribution in [2.45, 2.75) is 25.6 Å². The summed E-state index contributed by atoms with van der Waals surface area (Å²) in [6, 6.07) is 20.6. The van der Waals surface area contributed by atoms with Crippen LogP contribution in [0.2, 0.25) is 0 Å². The second-order valence-corrected chi connectivity index (χ2v) is 8.66. The lowest BCUT2D eigenvalue weighted by Gasteiger charge is -2.38. The van der Waals surface area contributed by atoms with Gasteiger partial charge in [-0.3, -0.25) is 0 Å². The highest BCUT2D eigenvalue weighted by molar-refractivity contribution is 9.10. The largest absolute Gasteiger partial charge is 0.493 e. The van der Waals surface area contributed by atoms with Crippen LogP contribution in [0.5, 0.6) is 17.2 Å². The summed E-state index contributed by atoms with van der Waals surface area (Å²) in [5.41, 5.74) is 5.42. The fraction of sp³-hybridized carbons (Fsp3) is 0.240. The molecule has 0 spiro atoms. The number of halogens is 1. The van der Waals surface area contributed by atoms with Gasteiger partial charge in [0.2, 0.25) is 6.23 Å². The van der Waals surface area contributed by atoms with Gasteiger partial charge in [0.15, 0.2) is 11.5 Å². The van der Waals surface area contributed by atoms with E-state index in [0.717, 1.165) is 39.0 Å². The number of hydrazone groups is 1. The lowest BCUT2D eigenvalue weighted by molar-refractivity contribution is -0.0205. The Morgan fingerprint density at radius 3 is 2.55 bits per heavy atom. The monoisotopic (exact) mass is 478 g/mol. The zero-order valence-corrected chi connectivity index (χ0v) is 19.2. The topological polar surface area (TPSA) is 43.3 Å². The van der Waals surface area contributed by atoms with Gasteiger partial charge in [0, 0.05) is 16.5 Å². The molecule has 158 valence electrons. The Hall–Kier alpha value is -2.99. The highest BCUT2D eigenvalue weighted by Crippen LogP contribution is 2.50. The van der Waals surface area contributed by atoms with E-state index in [-0.39, 0.29) is 6.04 Å². The smallest absolute Gasteiger partial charge is 0.217 e. The zero-order chi connectivity index (χ0) is 21.5. The summed E-state index contributed by atoms with van der Waals surface area (Å²) in [6.07, 6.45) is 0.380. The summed E-state index contributed by atoms with van der Waals surface area (Å²) in [7, 11) is 3.29. The van der Waals surface area contributed by atoms with E-state index in [4.69, 9.17) is 19.3 Å². The standard InChI is InChI=1S/C25H23BrN2O3/c1-15-7-9-16(10-8-15)20-14-21-19-13-17(26)11-12-22(19)31-25(28(21)27-20)18-5-4-6-23(29-2)24(18)30-3/h4-13,21,25H,14H2,1-3H3/t21-,25-/m0/s1. The fourth-order valence-corrected chi connectivity index (χ4v) is 4.67. The number of hydrogen-bond acceptors (Lipinski definition) is 5. The summed E-state index contributed by atoms with van der Waals surface area (Å²) < 4.78 is 18.8. The van der Waals surface area contributed by atoms with Gasteiger partial charge < -0.3 is 14.2 Å². The van der Waals surface area contributed by atoms with Crippen molar-refractivity contribution in [3.63, 3.8) is 0 Å². The van der Waals surface area contributed by atoms with Crippen molar-refractivity contribution in [3.05, 3.63) is 87.4 Å². The van der Waals surface area contributed by atoms with Crippen LogP contribution in [0.15, 0.2) is 70.2 Å². The summed E-state index contributed by atoms with van der Waals surface area (Å²) in [5, 5.41) is 7.10. The van der Waals surface area contributed by atoms with E-state index in [2.05, 4.69) is 58.2 Å². The van der Waals surface area contributed by atoms with Crippen molar-refractivity contribution in [1.82, 2.24) is 5.01 Å². The second kappa shape index (κ2) is 7.93. The first-order valence-corrected chi connectivity index (χ1v) is 11.0. The molecular weight excluding hydrogens is 456 g/mol. The van der Waals surface area contributed by atoms with Crippen LogP contribution >= 0.6 is 15.9 Å². The molecule has 0 bridgehead atoms. The molecule has 2 aliphatic rings. The molecule has 2 heterocycles. The number of para-hydroxylation sites is 1. The number of benzene rings is 3. The number of methoxy groups -OCH3 is 2. The van der Waals surface area contributed by atoms with Crippen LogP contribution < -0.4 is 14.2 Å². The average molecular weight is 479 g/mol. The molecule has 2 aliphatic heterocycles. The number of rotatable bonds is 4. The first kappa shape index (κ1) is 19.9. The lowest BCUT2D eigenvalue weighted by atomic mass is 9.95. The molecule has 5 rings (SSSR count). The van der Waals surface area contributed by atoms with E-state index in [0.29, 0.717) is 11.5 Å². The van der Waals surface area contributed by atoms with Gasteiger partial charge in [0.1, 0.15) is 5.75 Å². The average Bonchev–Trinajstić information content (AvgIpc) is 3.24. The molecule has 0 unspecified atom stereocenters. The molecule has 0 amide bonds. The van der Waals surface area contributed by atoms with Crippen LogP contribution in [-0.2, 0) is 0 Å². The van der Waals surface area contributed by atoms with E-state index in [1.807, 2.05) is 30.3 Å². The molecule has 31 heavy (non-hydrogen) atoms. The molecule has 0 radical (unpaired) electrons. The molecule has 0 fully saturated rings. The van der Waals surface area contributed by atoms with E-state index < -0.39 is 6.23 Å². The normalized spacial score (nSPS) is 19.2. The highest BCUT2D eigenvalue weighted by Gasteiger charge is 2.42. The Balaban J connectivity index is 1.64. The third-order valence-corrected chi connectivity index (χ3v) is 6.33. The molecule has 6 heteroatoms. The third kappa shape index (κ3) is 3.45. The second-order valence-electron chi connectivity index (χ2n) is 7.75. The SMILES string of the molecule is COc1cccc([C@@H]2Oc3ccc(Br)cc3[C@@H]3CC(c4ccc(C)cc4)=NN32)c1OC. The van der Waals surface area contributed by atoms with Crippen molar-refractivity contribution in [2.75, 3.05) is 14.2 Å². The van der Waals surface area contributed by atoms with Gasteiger partial charge in [-0.2, -0.15) is 5.10 Å². The minimum absolute atomic E-state index is 0.0680. The van der Waals surface area contributed by atoms with Crippen molar-refractivity contribution in [1.29, 1.82) is 0 Å². The minimum atomic E-state index is -0.424. The van der Waals surface area contributed by atoms with Gasteiger partial charge in [0.25, 0.3) is 0 Å². The third-order valence-electron chi connectivity index (χ3n) is 5.84. The van der Waals surface area contributed by atoms with Crippen LogP contribution in [-0.4, -0.2) is 24.9 Å². The van der Waals surface area contributed by atoms with Crippen molar-refractivity contribution in [2.24, 2.45) is 5.10 Å². The predicted molar refractivity (Wildman–Crippen MR) is 124 cm³/mol. The number of ether oxygens (including phenoxy) is 3. The van der Waals surface area contributed by atoms with Gasteiger partial charge in [-0.1, -0.05) is 51.8 Å². The number of aryl methyl sites for hydroxylation is 1. The van der Waals surface area contributed by atoms with Crippen LogP contribution in [0, 0.1) is 6.92 Å². The Morgan fingerprint density at radius 2 is 1.81 bits per heavy atom. The van der Waals surface area contributed by atoms with Gasteiger partial charge in [-0.25, -0.2) is 5.01 Å². The first-order valence-electron chi connectivity index (χ1n) is 10.2. The molecule has 3 aromatic rings. The molecular formula is C25H23BrN2O3. The lowest BCUT2D eigenvalue weighted by Crippen LogP contribution is -2.34. The molecule has 0 N–H and O–H groups in total. The molecule has 5 nitrogen and oxygen atoms in total. The first-order chi connectivity index (χ1) is 15.1. The van der Waals surface area contributed by atoms with Crippen molar-refractivity contribution >= 4 is 21.6 Å². The van der Waals surface area contributed by atoms with Gasteiger partial charge in [-0.15, -0.1) is 0 Å². The van der Waals surface area contributed by atoms with Gasteiger partial charge in [0.05, 0.1) is 31.5 Å².